The van der Waals surface area contributed by atoms with Crippen LogP contribution in [0.25, 0.3) is 0 Å². The Balaban J connectivity index is 1.40. The summed E-state index contributed by atoms with van der Waals surface area (Å²) in [5.41, 5.74) is 3.95. The Kier molecular flexibility index (Phi) is 7.54. The summed E-state index contributed by atoms with van der Waals surface area (Å²) in [7, 11) is 0. The highest BCUT2D eigenvalue weighted by Crippen LogP contribution is 2.15. The average molecular weight is 421 g/mol. The molecule has 7 heteroatoms. The molecule has 3 rings (SSSR count). The number of amides is 2. The fourth-order valence-electron chi connectivity index (χ4n) is 3.16. The number of benzene rings is 2. The Morgan fingerprint density at radius 3 is 2.48 bits per heavy atom. The van der Waals surface area contributed by atoms with E-state index in [1.807, 2.05) is 61.5 Å². The summed E-state index contributed by atoms with van der Waals surface area (Å²) >= 11 is 0. The minimum Gasteiger partial charge on any atom is -0.453 e. The second-order valence-corrected chi connectivity index (χ2v) is 7.52. The van der Waals surface area contributed by atoms with Crippen molar-refractivity contribution in [3.8, 4) is 0 Å². The zero-order valence-electron chi connectivity index (χ0n) is 17.8. The van der Waals surface area contributed by atoms with E-state index >= 15 is 0 Å². The highest BCUT2D eigenvalue weighted by atomic mass is 16.5. The zero-order valence-corrected chi connectivity index (χ0v) is 17.8. The molecule has 31 heavy (non-hydrogen) atoms. The molecule has 162 valence electrons. The van der Waals surface area contributed by atoms with Gasteiger partial charge in [-0.15, -0.1) is 0 Å². The van der Waals surface area contributed by atoms with Crippen LogP contribution in [0, 0.1) is 6.92 Å². The minimum absolute atomic E-state index is 0.0118. The molecule has 0 saturated heterocycles. The maximum Gasteiger partial charge on any atom is 0.307 e. The van der Waals surface area contributed by atoms with Crippen molar-refractivity contribution in [2.75, 3.05) is 6.54 Å². The Morgan fingerprint density at radius 1 is 1.06 bits per heavy atom. The first-order valence-electron chi connectivity index (χ1n) is 10.4. The molecule has 0 spiro atoms. The van der Waals surface area contributed by atoms with E-state index in [4.69, 9.17) is 4.74 Å². The third-order valence-corrected chi connectivity index (χ3v) is 5.00. The molecule has 1 heterocycles. The van der Waals surface area contributed by atoms with E-state index in [0.29, 0.717) is 19.5 Å². The monoisotopic (exact) mass is 421 g/mol. The van der Waals surface area contributed by atoms with Crippen LogP contribution in [0.2, 0.25) is 0 Å². The van der Waals surface area contributed by atoms with Gasteiger partial charge in [-0.2, -0.15) is 5.10 Å². The van der Waals surface area contributed by atoms with Gasteiger partial charge >= 0.3 is 5.97 Å². The molecule has 1 aliphatic heterocycles. The van der Waals surface area contributed by atoms with Crippen molar-refractivity contribution < 1.29 is 19.1 Å². The summed E-state index contributed by atoms with van der Waals surface area (Å²) in [6.07, 6.45) is -0.357. The van der Waals surface area contributed by atoms with Crippen LogP contribution in [0.3, 0.4) is 0 Å². The summed E-state index contributed by atoms with van der Waals surface area (Å²) in [5.74, 6) is -1.20. The van der Waals surface area contributed by atoms with E-state index in [9.17, 15) is 14.4 Å². The smallest absolute Gasteiger partial charge is 0.307 e. The molecule has 0 aliphatic carbocycles. The van der Waals surface area contributed by atoms with E-state index in [0.717, 1.165) is 22.4 Å². The molecule has 1 aliphatic rings. The predicted molar refractivity (Wildman–Crippen MR) is 117 cm³/mol. The molecule has 2 aromatic carbocycles. The molecule has 0 bridgehead atoms. The number of hydrogen-bond donors (Lipinski definition) is 1. The SMILES string of the molecule is Cc1ccc(CNC(=O)[C@@H](C)OC(=O)CCC(=O)N2CCC(c3ccccc3)=N2)cc1. The van der Waals surface area contributed by atoms with Crippen molar-refractivity contribution in [2.45, 2.75) is 45.8 Å². The lowest BCUT2D eigenvalue weighted by molar-refractivity contribution is -0.155. The number of esters is 1. The lowest BCUT2D eigenvalue weighted by atomic mass is 10.1. The van der Waals surface area contributed by atoms with Gasteiger partial charge in [-0.3, -0.25) is 14.4 Å². The van der Waals surface area contributed by atoms with Crippen molar-refractivity contribution >= 4 is 23.5 Å². The molecule has 1 atom stereocenters. The Morgan fingerprint density at radius 2 is 1.77 bits per heavy atom. The van der Waals surface area contributed by atoms with Crippen LogP contribution in [0.1, 0.15) is 42.9 Å². The topological polar surface area (TPSA) is 88.1 Å². The van der Waals surface area contributed by atoms with Crippen molar-refractivity contribution in [3.63, 3.8) is 0 Å². The van der Waals surface area contributed by atoms with Crippen molar-refractivity contribution in [2.24, 2.45) is 5.10 Å². The minimum atomic E-state index is -0.928. The van der Waals surface area contributed by atoms with E-state index in [2.05, 4.69) is 10.4 Å². The number of nitrogens with one attached hydrogen (secondary N) is 1. The molecule has 0 radical (unpaired) electrons. The van der Waals surface area contributed by atoms with Crippen LogP contribution in [0.15, 0.2) is 59.7 Å². The second-order valence-electron chi connectivity index (χ2n) is 7.52. The Bertz CT molecular complexity index is 955. The Hall–Kier alpha value is -3.48. The first kappa shape index (κ1) is 22.2. The fraction of sp³-hybridized carbons (Fsp3) is 0.333. The van der Waals surface area contributed by atoms with Gasteiger partial charge in [0.2, 0.25) is 5.91 Å². The van der Waals surface area contributed by atoms with Crippen molar-refractivity contribution in [1.29, 1.82) is 0 Å². The lowest BCUT2D eigenvalue weighted by Crippen LogP contribution is -2.35. The van der Waals surface area contributed by atoms with Gasteiger partial charge in [0.1, 0.15) is 0 Å². The fourth-order valence-corrected chi connectivity index (χ4v) is 3.16. The van der Waals surface area contributed by atoms with E-state index in [1.165, 1.54) is 11.9 Å². The number of aryl methyl sites for hydroxylation is 1. The number of ether oxygens (including phenoxy) is 1. The van der Waals surface area contributed by atoms with E-state index in [1.54, 1.807) is 0 Å². The largest absolute Gasteiger partial charge is 0.453 e. The average Bonchev–Trinajstić information content (AvgIpc) is 3.28. The molecule has 0 aromatic heterocycles. The summed E-state index contributed by atoms with van der Waals surface area (Å²) in [6.45, 7) is 4.36. The molecule has 0 unspecified atom stereocenters. The number of carbonyl (C=O) groups is 3. The molecule has 0 fully saturated rings. The Labute approximate surface area is 182 Å². The van der Waals surface area contributed by atoms with Gasteiger partial charge < -0.3 is 10.1 Å². The van der Waals surface area contributed by atoms with Crippen LogP contribution in [0.5, 0.6) is 0 Å². The van der Waals surface area contributed by atoms with Gasteiger partial charge in [0, 0.05) is 19.4 Å². The van der Waals surface area contributed by atoms with Crippen LogP contribution in [-0.4, -0.2) is 41.2 Å². The van der Waals surface area contributed by atoms with Crippen LogP contribution in [0.4, 0.5) is 0 Å². The summed E-state index contributed by atoms with van der Waals surface area (Å²) in [4.78, 5) is 36.6. The quantitative estimate of drug-likeness (QED) is 0.664. The predicted octanol–water partition coefficient (Wildman–Crippen LogP) is 2.96. The maximum atomic E-state index is 12.4. The number of hydrazone groups is 1. The third-order valence-electron chi connectivity index (χ3n) is 5.00. The van der Waals surface area contributed by atoms with Gasteiger partial charge in [0.25, 0.3) is 5.91 Å². The number of nitrogens with zero attached hydrogens (tertiary/aromatic N) is 2. The van der Waals surface area contributed by atoms with Crippen LogP contribution < -0.4 is 5.32 Å². The summed E-state index contributed by atoms with van der Waals surface area (Å²) < 4.78 is 5.17. The molecule has 1 N–H and O–H groups in total. The molecule has 7 nitrogen and oxygen atoms in total. The van der Waals surface area contributed by atoms with Gasteiger partial charge in [0.15, 0.2) is 6.10 Å². The lowest BCUT2D eigenvalue weighted by Gasteiger charge is -2.14. The van der Waals surface area contributed by atoms with Crippen molar-refractivity contribution in [3.05, 3.63) is 71.3 Å². The number of rotatable bonds is 8. The molecular weight excluding hydrogens is 394 g/mol. The van der Waals surface area contributed by atoms with E-state index in [-0.39, 0.29) is 24.7 Å². The van der Waals surface area contributed by atoms with Crippen molar-refractivity contribution in [1.82, 2.24) is 10.3 Å². The third kappa shape index (κ3) is 6.50. The first-order valence-corrected chi connectivity index (χ1v) is 10.4. The summed E-state index contributed by atoms with van der Waals surface area (Å²) in [6, 6.07) is 17.5. The number of hydrogen-bond acceptors (Lipinski definition) is 5. The first-order chi connectivity index (χ1) is 14.9. The second kappa shape index (κ2) is 10.5. The normalized spacial score (nSPS) is 14.0. The van der Waals surface area contributed by atoms with E-state index < -0.39 is 12.1 Å². The standard InChI is InChI=1S/C24H27N3O4/c1-17-8-10-19(11-9-17)16-25-24(30)18(2)31-23(29)13-12-22(28)27-15-14-21(26-27)20-6-4-3-5-7-20/h3-11,18H,12-16H2,1-2H3,(H,25,30)/t18-/m1/s1. The van der Waals surface area contributed by atoms with Crippen LogP contribution >= 0.6 is 0 Å². The molecular formula is C24H27N3O4. The number of carbonyl (C=O) groups excluding carboxylic acids is 3. The van der Waals surface area contributed by atoms with Gasteiger partial charge in [-0.1, -0.05) is 60.2 Å². The zero-order chi connectivity index (χ0) is 22.2. The summed E-state index contributed by atoms with van der Waals surface area (Å²) in [5, 5.41) is 8.51. The highest BCUT2D eigenvalue weighted by Gasteiger charge is 2.23. The maximum absolute atomic E-state index is 12.4. The molecule has 2 amide bonds. The van der Waals surface area contributed by atoms with Crippen LogP contribution in [-0.2, 0) is 25.7 Å². The van der Waals surface area contributed by atoms with Gasteiger partial charge in [-0.05, 0) is 25.0 Å². The highest BCUT2D eigenvalue weighted by molar-refractivity contribution is 6.02. The van der Waals surface area contributed by atoms with Gasteiger partial charge in [-0.25, -0.2) is 5.01 Å². The molecule has 2 aromatic rings. The molecule has 0 saturated carbocycles. The van der Waals surface area contributed by atoms with Gasteiger partial charge in [0.05, 0.1) is 18.7 Å².